The molecule has 1 fully saturated rings. The van der Waals surface area contributed by atoms with E-state index in [1.165, 1.54) is 11.8 Å². The van der Waals surface area contributed by atoms with Crippen LogP contribution in [0.2, 0.25) is 5.02 Å². The minimum Gasteiger partial charge on any atom is -0.465 e. The average molecular weight is 356 g/mol. The molecule has 124 valence electrons. The molecule has 0 bridgehead atoms. The van der Waals surface area contributed by atoms with Gasteiger partial charge in [0.05, 0.1) is 22.5 Å². The first-order chi connectivity index (χ1) is 10.7. The number of hydrogen-bond acceptors (Lipinski definition) is 4. The summed E-state index contributed by atoms with van der Waals surface area (Å²) in [6.07, 6.45) is -1.09. The first-order valence-corrected chi connectivity index (χ1v) is 8.33. The number of rotatable bonds is 3. The number of carbonyl (C=O) groups is 2. The fourth-order valence-corrected chi connectivity index (χ4v) is 3.06. The molecular weight excluding hydrogens is 338 g/mol. The number of carbonyl (C=O) groups excluding carboxylic acids is 1. The molecule has 6 nitrogen and oxygen atoms in total. The maximum Gasteiger partial charge on any atom is 0.405 e. The number of hydrogen-bond donors (Lipinski definition) is 3. The van der Waals surface area contributed by atoms with Crippen molar-refractivity contribution >= 4 is 46.2 Å². The van der Waals surface area contributed by atoms with Gasteiger partial charge < -0.3 is 15.7 Å². The first-order valence-electron chi connectivity index (χ1n) is 6.97. The molecule has 0 aromatic heterocycles. The fourth-order valence-electron chi connectivity index (χ4n) is 2.21. The molecule has 0 radical (unpaired) electrons. The molecule has 8 heteroatoms. The summed E-state index contributed by atoms with van der Waals surface area (Å²) >= 11 is 7.48. The second-order valence-electron chi connectivity index (χ2n) is 6.21. The minimum atomic E-state index is -1.09. The number of nitrogens with one attached hydrogen (secondary N) is 2. The Morgan fingerprint density at radius 2 is 2.17 bits per heavy atom. The Kier molecular flexibility index (Phi) is 5.21. The number of aliphatic imine (C=N–C) groups is 1. The summed E-state index contributed by atoms with van der Waals surface area (Å²) in [6.45, 7) is 5.84. The monoisotopic (exact) mass is 355 g/mol. The van der Waals surface area contributed by atoms with Gasteiger partial charge in [0.1, 0.15) is 0 Å². The van der Waals surface area contributed by atoms with E-state index in [0.29, 0.717) is 21.6 Å². The van der Waals surface area contributed by atoms with Gasteiger partial charge in [-0.15, -0.1) is 0 Å². The Balaban J connectivity index is 2.38. The van der Waals surface area contributed by atoms with Crippen LogP contribution in [0.5, 0.6) is 0 Å². The Labute approximate surface area is 143 Å². The van der Waals surface area contributed by atoms with Crippen molar-refractivity contribution in [1.29, 1.82) is 0 Å². The van der Waals surface area contributed by atoms with E-state index in [9.17, 15) is 9.59 Å². The van der Waals surface area contributed by atoms with Crippen LogP contribution in [0.1, 0.15) is 32.4 Å². The van der Waals surface area contributed by atoms with Crippen LogP contribution in [-0.4, -0.2) is 28.0 Å². The number of halogens is 1. The van der Waals surface area contributed by atoms with Crippen molar-refractivity contribution in [3.8, 4) is 0 Å². The maximum absolute atomic E-state index is 11.2. The molecule has 1 aliphatic rings. The molecule has 2 amide bonds. The molecule has 0 aliphatic carbocycles. The summed E-state index contributed by atoms with van der Waals surface area (Å²) in [6, 6.07) is 4.78. The molecule has 1 aliphatic heterocycles. The molecule has 1 heterocycles. The second-order valence-corrected chi connectivity index (χ2v) is 7.58. The fraction of sp³-hybridized carbons (Fsp3) is 0.400. The number of carboxylic acid groups (broad SMARTS) is 1. The average Bonchev–Trinajstić information content (AvgIpc) is 2.83. The van der Waals surface area contributed by atoms with Crippen LogP contribution in [0.15, 0.2) is 23.2 Å². The van der Waals surface area contributed by atoms with E-state index in [4.69, 9.17) is 16.7 Å². The molecule has 23 heavy (non-hydrogen) atoms. The molecule has 1 saturated heterocycles. The van der Waals surface area contributed by atoms with Gasteiger partial charge in [0, 0.05) is 0 Å². The smallest absolute Gasteiger partial charge is 0.405 e. The van der Waals surface area contributed by atoms with Crippen LogP contribution < -0.4 is 10.6 Å². The lowest BCUT2D eigenvalue weighted by Crippen LogP contribution is -2.35. The highest BCUT2D eigenvalue weighted by Crippen LogP contribution is 2.36. The molecule has 0 saturated carbocycles. The lowest BCUT2D eigenvalue weighted by Gasteiger charge is -2.31. The third kappa shape index (κ3) is 4.62. The predicted octanol–water partition coefficient (Wildman–Crippen LogP) is 3.55. The summed E-state index contributed by atoms with van der Waals surface area (Å²) in [4.78, 5) is 26.7. The third-order valence-electron chi connectivity index (χ3n) is 3.25. The zero-order valence-electron chi connectivity index (χ0n) is 13.0. The Morgan fingerprint density at radius 1 is 1.48 bits per heavy atom. The zero-order valence-corrected chi connectivity index (χ0v) is 14.6. The molecule has 0 spiro atoms. The van der Waals surface area contributed by atoms with Crippen LogP contribution in [0.4, 0.5) is 10.5 Å². The standard InChI is InChI=1S/C15H18ClN3O3S/c1-15(2,3)12(19-14(21)22)8-4-5-9(16)10(6-8)17-13-18-11(20)7-23-13/h4-6,12,19H,7H2,1-3H3,(H,21,22)(H,17,18,20). The topological polar surface area (TPSA) is 90.8 Å². The maximum atomic E-state index is 11.2. The molecule has 3 N–H and O–H groups in total. The van der Waals surface area contributed by atoms with Crippen molar-refractivity contribution in [1.82, 2.24) is 10.6 Å². The highest BCUT2D eigenvalue weighted by atomic mass is 35.5. The molecule has 1 unspecified atom stereocenters. The number of thioether (sulfide) groups is 1. The van der Waals surface area contributed by atoms with E-state index >= 15 is 0 Å². The Bertz CT molecular complexity index is 670. The van der Waals surface area contributed by atoms with Crippen LogP contribution in [0, 0.1) is 5.41 Å². The second kappa shape index (κ2) is 6.80. The van der Waals surface area contributed by atoms with Gasteiger partial charge in [-0.05, 0) is 23.1 Å². The van der Waals surface area contributed by atoms with E-state index in [1.54, 1.807) is 18.2 Å². The summed E-state index contributed by atoms with van der Waals surface area (Å²) in [5.74, 6) is 0.238. The highest BCUT2D eigenvalue weighted by molar-refractivity contribution is 8.15. The normalized spacial score (nSPS) is 17.9. The van der Waals surface area contributed by atoms with Crippen LogP contribution in [0.3, 0.4) is 0 Å². The van der Waals surface area contributed by atoms with Crippen LogP contribution in [0.25, 0.3) is 0 Å². The lowest BCUT2D eigenvalue weighted by molar-refractivity contribution is -0.116. The summed E-state index contributed by atoms with van der Waals surface area (Å²) in [7, 11) is 0. The quantitative estimate of drug-likeness (QED) is 0.773. The van der Waals surface area contributed by atoms with Crippen molar-refractivity contribution in [2.24, 2.45) is 10.4 Å². The zero-order chi connectivity index (χ0) is 17.2. The van der Waals surface area contributed by atoms with Gasteiger partial charge in [0.25, 0.3) is 0 Å². The predicted molar refractivity (Wildman–Crippen MR) is 92.5 cm³/mol. The Hall–Kier alpha value is -1.73. The molecular formula is C15H18ClN3O3S. The van der Waals surface area contributed by atoms with Gasteiger partial charge in [-0.1, -0.05) is 50.2 Å². The van der Waals surface area contributed by atoms with Gasteiger partial charge in [-0.25, -0.2) is 9.79 Å². The van der Waals surface area contributed by atoms with E-state index < -0.39 is 12.1 Å². The van der Waals surface area contributed by atoms with Gasteiger partial charge in [-0.3, -0.25) is 4.79 Å². The van der Waals surface area contributed by atoms with E-state index in [-0.39, 0.29) is 11.3 Å². The van der Waals surface area contributed by atoms with Gasteiger partial charge in [0.15, 0.2) is 5.17 Å². The molecule has 1 aromatic rings. The number of nitrogens with zero attached hydrogens (tertiary/aromatic N) is 1. The SMILES string of the molecule is CC(C)(C)C(NC(=O)O)c1ccc(Cl)c(N=C2NC(=O)CS2)c1. The summed E-state index contributed by atoms with van der Waals surface area (Å²) in [5, 5.41) is 15.2. The van der Waals surface area contributed by atoms with Gasteiger partial charge in [-0.2, -0.15) is 0 Å². The van der Waals surface area contributed by atoms with E-state index in [1.807, 2.05) is 20.8 Å². The van der Waals surface area contributed by atoms with Gasteiger partial charge in [0.2, 0.25) is 5.91 Å². The third-order valence-corrected chi connectivity index (χ3v) is 4.44. The summed E-state index contributed by atoms with van der Waals surface area (Å²) in [5.41, 5.74) is 0.931. The molecule has 2 rings (SSSR count). The van der Waals surface area contributed by atoms with Crippen molar-refractivity contribution in [3.05, 3.63) is 28.8 Å². The Morgan fingerprint density at radius 3 is 2.70 bits per heavy atom. The van der Waals surface area contributed by atoms with Crippen molar-refractivity contribution in [2.45, 2.75) is 26.8 Å². The minimum absolute atomic E-state index is 0.0962. The van der Waals surface area contributed by atoms with E-state index in [0.717, 1.165) is 5.56 Å². The molecule has 1 atom stereocenters. The first kappa shape index (κ1) is 17.6. The lowest BCUT2D eigenvalue weighted by atomic mass is 9.82. The van der Waals surface area contributed by atoms with Crippen LogP contribution in [-0.2, 0) is 4.79 Å². The van der Waals surface area contributed by atoms with Gasteiger partial charge >= 0.3 is 6.09 Å². The van der Waals surface area contributed by atoms with Crippen LogP contribution >= 0.6 is 23.4 Å². The number of benzene rings is 1. The molecule has 1 aromatic carbocycles. The number of amides is 2. The van der Waals surface area contributed by atoms with Crippen molar-refractivity contribution in [2.75, 3.05) is 5.75 Å². The van der Waals surface area contributed by atoms with Crippen molar-refractivity contribution < 1.29 is 14.7 Å². The van der Waals surface area contributed by atoms with E-state index in [2.05, 4.69) is 15.6 Å². The summed E-state index contributed by atoms with van der Waals surface area (Å²) < 4.78 is 0. The largest absolute Gasteiger partial charge is 0.465 e. The highest BCUT2D eigenvalue weighted by Gasteiger charge is 2.28. The van der Waals surface area contributed by atoms with Crippen molar-refractivity contribution in [3.63, 3.8) is 0 Å². The number of amidine groups is 1.